The molecule has 1 aliphatic carbocycles. The second kappa shape index (κ2) is 5.80. The van der Waals surface area contributed by atoms with E-state index in [1.54, 1.807) is 6.07 Å². The van der Waals surface area contributed by atoms with Crippen molar-refractivity contribution < 1.29 is 15.3 Å². The molecule has 1 aromatic carbocycles. The van der Waals surface area contributed by atoms with Gasteiger partial charge in [0, 0.05) is 13.1 Å². The average molecular weight is 265 g/mol. The number of nitrogens with one attached hydrogen (secondary N) is 1. The lowest BCUT2D eigenvalue weighted by atomic mass is 9.79. The molecule has 0 saturated heterocycles. The molecule has 0 radical (unpaired) electrons. The first-order chi connectivity index (χ1) is 8.98. The maximum Gasteiger partial charge on any atom is 0.157 e. The van der Waals surface area contributed by atoms with Crippen molar-refractivity contribution in [3.8, 4) is 11.5 Å². The van der Waals surface area contributed by atoms with Crippen LogP contribution in [-0.4, -0.2) is 27.5 Å². The first kappa shape index (κ1) is 14.2. The molecule has 1 aliphatic rings. The highest BCUT2D eigenvalue weighted by atomic mass is 16.3. The molecule has 0 atom stereocenters. The second-order valence-electron chi connectivity index (χ2n) is 5.83. The summed E-state index contributed by atoms with van der Waals surface area (Å²) in [7, 11) is 0. The van der Waals surface area contributed by atoms with Gasteiger partial charge < -0.3 is 20.6 Å². The van der Waals surface area contributed by atoms with E-state index in [4.69, 9.17) is 0 Å². The molecule has 0 unspecified atom stereocenters. The zero-order valence-electron chi connectivity index (χ0n) is 11.4. The quantitative estimate of drug-likeness (QED) is 0.629. The summed E-state index contributed by atoms with van der Waals surface area (Å²) in [5.41, 5.74) is 0.300. The lowest BCUT2D eigenvalue weighted by Crippen LogP contribution is -2.43. The summed E-state index contributed by atoms with van der Waals surface area (Å²) in [6.45, 7) is 3.37. The molecule has 0 amide bonds. The van der Waals surface area contributed by atoms with Gasteiger partial charge in [-0.3, -0.25) is 0 Å². The largest absolute Gasteiger partial charge is 0.504 e. The molecule has 4 nitrogen and oxygen atoms in total. The Balaban J connectivity index is 1.81. The summed E-state index contributed by atoms with van der Waals surface area (Å²) >= 11 is 0. The van der Waals surface area contributed by atoms with Gasteiger partial charge in [0.25, 0.3) is 0 Å². The third kappa shape index (κ3) is 3.85. The zero-order chi connectivity index (χ0) is 13.9. The van der Waals surface area contributed by atoms with E-state index in [0.717, 1.165) is 31.2 Å². The molecule has 2 rings (SSSR count). The molecule has 19 heavy (non-hydrogen) atoms. The molecule has 1 aromatic rings. The van der Waals surface area contributed by atoms with Crippen LogP contribution in [0.5, 0.6) is 11.5 Å². The Labute approximate surface area is 114 Å². The Morgan fingerprint density at radius 2 is 1.89 bits per heavy atom. The van der Waals surface area contributed by atoms with Crippen molar-refractivity contribution >= 4 is 0 Å². The van der Waals surface area contributed by atoms with E-state index in [2.05, 4.69) is 12.2 Å². The van der Waals surface area contributed by atoms with Gasteiger partial charge in [-0.25, -0.2) is 0 Å². The van der Waals surface area contributed by atoms with Gasteiger partial charge in [-0.05, 0) is 49.3 Å². The minimum atomic E-state index is -0.592. The molecule has 1 saturated carbocycles. The van der Waals surface area contributed by atoms with E-state index in [0.29, 0.717) is 19.0 Å². The van der Waals surface area contributed by atoms with Crippen LogP contribution >= 0.6 is 0 Å². The van der Waals surface area contributed by atoms with Crippen LogP contribution in [0.1, 0.15) is 38.2 Å². The maximum absolute atomic E-state index is 10.4. The van der Waals surface area contributed by atoms with Crippen molar-refractivity contribution in [3.63, 3.8) is 0 Å². The number of benzene rings is 1. The number of aromatic hydroxyl groups is 2. The first-order valence-corrected chi connectivity index (χ1v) is 6.92. The number of hydrogen-bond acceptors (Lipinski definition) is 4. The Morgan fingerprint density at radius 3 is 2.53 bits per heavy atom. The fourth-order valence-corrected chi connectivity index (χ4v) is 2.59. The van der Waals surface area contributed by atoms with Crippen LogP contribution in [0.25, 0.3) is 0 Å². The van der Waals surface area contributed by atoms with Crippen LogP contribution in [0.2, 0.25) is 0 Å². The van der Waals surface area contributed by atoms with Gasteiger partial charge in [0.05, 0.1) is 5.60 Å². The van der Waals surface area contributed by atoms with E-state index in [9.17, 15) is 15.3 Å². The van der Waals surface area contributed by atoms with Crippen LogP contribution < -0.4 is 5.32 Å². The molecule has 106 valence electrons. The van der Waals surface area contributed by atoms with Gasteiger partial charge in [-0.1, -0.05) is 13.0 Å². The number of rotatable bonds is 4. The Kier molecular flexibility index (Phi) is 4.32. The number of hydrogen-bond donors (Lipinski definition) is 4. The Bertz CT molecular complexity index is 425. The lowest BCUT2D eigenvalue weighted by molar-refractivity contribution is -0.00630. The summed E-state index contributed by atoms with van der Waals surface area (Å²) in [5.74, 6) is 0.502. The smallest absolute Gasteiger partial charge is 0.157 e. The van der Waals surface area contributed by atoms with E-state index in [-0.39, 0.29) is 11.5 Å². The predicted molar refractivity (Wildman–Crippen MR) is 74.1 cm³/mol. The number of aliphatic hydroxyl groups is 1. The van der Waals surface area contributed by atoms with Crippen LogP contribution in [0.15, 0.2) is 18.2 Å². The average Bonchev–Trinajstić information content (AvgIpc) is 2.38. The maximum atomic E-state index is 10.4. The third-order valence-corrected chi connectivity index (χ3v) is 4.03. The molecule has 0 heterocycles. The summed E-state index contributed by atoms with van der Waals surface area (Å²) in [6.07, 6.45) is 3.86. The lowest BCUT2D eigenvalue weighted by Gasteiger charge is -2.35. The Morgan fingerprint density at radius 1 is 1.21 bits per heavy atom. The van der Waals surface area contributed by atoms with Crippen LogP contribution in [0.3, 0.4) is 0 Å². The van der Waals surface area contributed by atoms with Crippen molar-refractivity contribution in [2.45, 2.75) is 44.8 Å². The topological polar surface area (TPSA) is 72.7 Å². The fraction of sp³-hybridized carbons (Fsp3) is 0.600. The standard InChI is InChI=1S/C15H23NO3/c1-11-4-6-15(19,7-5-11)10-16-9-12-2-3-13(17)14(18)8-12/h2-3,8,11,16-19H,4-7,9-10H2,1H3. The summed E-state index contributed by atoms with van der Waals surface area (Å²) < 4.78 is 0. The third-order valence-electron chi connectivity index (χ3n) is 4.03. The SMILES string of the molecule is CC1CCC(O)(CNCc2ccc(O)c(O)c2)CC1. The highest BCUT2D eigenvalue weighted by Crippen LogP contribution is 2.31. The molecule has 1 fully saturated rings. The van der Waals surface area contributed by atoms with Gasteiger partial charge >= 0.3 is 0 Å². The van der Waals surface area contributed by atoms with Crippen LogP contribution in [0, 0.1) is 5.92 Å². The van der Waals surface area contributed by atoms with Crippen molar-refractivity contribution in [1.82, 2.24) is 5.32 Å². The summed E-state index contributed by atoms with van der Waals surface area (Å²) in [4.78, 5) is 0. The fourth-order valence-electron chi connectivity index (χ4n) is 2.59. The van der Waals surface area contributed by atoms with Crippen LogP contribution in [-0.2, 0) is 6.54 Å². The van der Waals surface area contributed by atoms with Crippen LogP contribution in [0.4, 0.5) is 0 Å². The number of phenols is 2. The van der Waals surface area contributed by atoms with Gasteiger partial charge in [-0.2, -0.15) is 0 Å². The first-order valence-electron chi connectivity index (χ1n) is 6.92. The monoisotopic (exact) mass is 265 g/mol. The van der Waals surface area contributed by atoms with Gasteiger partial charge in [0.1, 0.15) is 0 Å². The zero-order valence-corrected chi connectivity index (χ0v) is 11.4. The summed E-state index contributed by atoms with van der Waals surface area (Å²) in [5, 5.41) is 32.3. The van der Waals surface area contributed by atoms with E-state index in [1.807, 2.05) is 0 Å². The molecule has 4 N–H and O–H groups in total. The molecule has 0 bridgehead atoms. The van der Waals surface area contributed by atoms with Gasteiger partial charge in [-0.15, -0.1) is 0 Å². The molecule has 0 aliphatic heterocycles. The highest BCUT2D eigenvalue weighted by molar-refractivity contribution is 5.40. The molecule has 0 aromatic heterocycles. The minimum absolute atomic E-state index is 0.107. The van der Waals surface area contributed by atoms with E-state index < -0.39 is 5.60 Å². The Hall–Kier alpha value is -1.26. The molecule has 0 spiro atoms. The van der Waals surface area contributed by atoms with E-state index >= 15 is 0 Å². The van der Waals surface area contributed by atoms with Crippen molar-refractivity contribution in [3.05, 3.63) is 23.8 Å². The second-order valence-corrected chi connectivity index (χ2v) is 5.83. The van der Waals surface area contributed by atoms with Gasteiger partial charge in [0.2, 0.25) is 0 Å². The van der Waals surface area contributed by atoms with Crippen molar-refractivity contribution in [2.75, 3.05) is 6.54 Å². The highest BCUT2D eigenvalue weighted by Gasteiger charge is 2.31. The number of phenolic OH excluding ortho intramolecular Hbond substituents is 2. The van der Waals surface area contributed by atoms with Crippen molar-refractivity contribution in [2.24, 2.45) is 5.92 Å². The predicted octanol–water partition coefficient (Wildman–Crippen LogP) is 2.13. The summed E-state index contributed by atoms with van der Waals surface area (Å²) in [6, 6.07) is 4.77. The minimum Gasteiger partial charge on any atom is -0.504 e. The molecular weight excluding hydrogens is 242 g/mol. The normalized spacial score (nSPS) is 27.4. The molecular formula is C15H23NO3. The van der Waals surface area contributed by atoms with E-state index in [1.165, 1.54) is 12.1 Å². The van der Waals surface area contributed by atoms with Gasteiger partial charge in [0.15, 0.2) is 11.5 Å². The molecule has 4 heteroatoms. The van der Waals surface area contributed by atoms with Crippen molar-refractivity contribution in [1.29, 1.82) is 0 Å².